The molecular weight excluding hydrogens is 400 g/mol. The summed E-state index contributed by atoms with van der Waals surface area (Å²) < 4.78 is 0. The fourth-order valence-electron chi connectivity index (χ4n) is 3.48. The summed E-state index contributed by atoms with van der Waals surface area (Å²) in [4.78, 5) is 20.7. The Morgan fingerprint density at radius 2 is 1.48 bits per heavy atom. The zero-order valence-electron chi connectivity index (χ0n) is 17.2. The van der Waals surface area contributed by atoms with E-state index in [1.807, 2.05) is 6.92 Å². The molecule has 2 aromatic rings. The van der Waals surface area contributed by atoms with Gasteiger partial charge in [0.1, 0.15) is 0 Å². The maximum absolute atomic E-state index is 10.8. The molecule has 1 atom stereocenters. The molecule has 162 valence electrons. The zero-order chi connectivity index (χ0) is 22.2. The van der Waals surface area contributed by atoms with Crippen molar-refractivity contribution in [3.63, 3.8) is 0 Å². The standard InChI is InChI=1S/C21H24N6O4/c1-2-20(24-22-15-7-11-17(12-8-15)26(28)29)19-5-3-4-6-21(19)25-23-16-9-13-18(14-10-16)27(30)31/h7-14,19,22-23H,2-6H2,1H3/b24-20+,25-21+. The van der Waals surface area contributed by atoms with Crippen LogP contribution in [0.2, 0.25) is 0 Å². The second-order valence-electron chi connectivity index (χ2n) is 7.19. The lowest BCUT2D eigenvalue weighted by Gasteiger charge is -2.25. The average Bonchev–Trinajstić information content (AvgIpc) is 2.79. The van der Waals surface area contributed by atoms with Gasteiger partial charge in [0, 0.05) is 41.6 Å². The van der Waals surface area contributed by atoms with Gasteiger partial charge >= 0.3 is 0 Å². The minimum absolute atomic E-state index is 0.0317. The number of hydrogen-bond donors (Lipinski definition) is 2. The van der Waals surface area contributed by atoms with E-state index in [2.05, 4.69) is 21.1 Å². The number of nitrogens with one attached hydrogen (secondary N) is 2. The molecule has 0 heterocycles. The predicted octanol–water partition coefficient (Wildman–Crippen LogP) is 5.34. The first kappa shape index (κ1) is 21.9. The third-order valence-electron chi connectivity index (χ3n) is 5.16. The first-order chi connectivity index (χ1) is 15.0. The molecule has 1 saturated carbocycles. The molecule has 10 nitrogen and oxygen atoms in total. The van der Waals surface area contributed by atoms with Crippen molar-refractivity contribution < 1.29 is 9.85 Å². The third-order valence-corrected chi connectivity index (χ3v) is 5.16. The second kappa shape index (κ2) is 10.3. The number of benzene rings is 2. The van der Waals surface area contributed by atoms with Crippen molar-refractivity contribution in [2.24, 2.45) is 16.1 Å². The fraction of sp³-hybridized carbons (Fsp3) is 0.333. The lowest BCUT2D eigenvalue weighted by atomic mass is 9.83. The number of nitro groups is 2. The summed E-state index contributed by atoms with van der Waals surface area (Å²) in [6, 6.07) is 12.3. The summed E-state index contributed by atoms with van der Waals surface area (Å²) in [7, 11) is 0. The van der Waals surface area contributed by atoms with Crippen molar-refractivity contribution >= 4 is 34.2 Å². The molecule has 0 spiro atoms. The Hall–Kier alpha value is -3.82. The Balaban J connectivity index is 1.72. The Kier molecular flexibility index (Phi) is 7.26. The topological polar surface area (TPSA) is 135 Å². The molecule has 1 unspecified atom stereocenters. The number of nitro benzene ring substituents is 2. The highest BCUT2D eigenvalue weighted by Crippen LogP contribution is 2.26. The van der Waals surface area contributed by atoms with Gasteiger partial charge < -0.3 is 0 Å². The minimum Gasteiger partial charge on any atom is -0.279 e. The van der Waals surface area contributed by atoms with Gasteiger partial charge in [0.15, 0.2) is 0 Å². The second-order valence-corrected chi connectivity index (χ2v) is 7.19. The summed E-state index contributed by atoms with van der Waals surface area (Å²) in [5.41, 5.74) is 9.38. The summed E-state index contributed by atoms with van der Waals surface area (Å²) in [6.07, 6.45) is 4.65. The van der Waals surface area contributed by atoms with Crippen LogP contribution in [0.1, 0.15) is 39.0 Å². The van der Waals surface area contributed by atoms with E-state index in [0.717, 1.165) is 43.5 Å². The lowest BCUT2D eigenvalue weighted by Crippen LogP contribution is -2.28. The number of hydrogen-bond acceptors (Lipinski definition) is 8. The molecular formula is C21H24N6O4. The molecule has 1 fully saturated rings. The van der Waals surface area contributed by atoms with Gasteiger partial charge in [-0.25, -0.2) is 0 Å². The largest absolute Gasteiger partial charge is 0.279 e. The van der Waals surface area contributed by atoms with E-state index >= 15 is 0 Å². The Morgan fingerprint density at radius 3 is 2.00 bits per heavy atom. The van der Waals surface area contributed by atoms with Crippen LogP contribution in [0, 0.1) is 26.1 Å². The van der Waals surface area contributed by atoms with Crippen LogP contribution >= 0.6 is 0 Å². The molecule has 0 amide bonds. The van der Waals surface area contributed by atoms with E-state index in [9.17, 15) is 20.2 Å². The number of anilines is 2. The summed E-state index contributed by atoms with van der Waals surface area (Å²) in [5.74, 6) is 0.0925. The van der Waals surface area contributed by atoms with Crippen molar-refractivity contribution in [2.75, 3.05) is 10.9 Å². The van der Waals surface area contributed by atoms with Crippen LogP contribution in [0.4, 0.5) is 22.7 Å². The van der Waals surface area contributed by atoms with Crippen LogP contribution in [0.25, 0.3) is 0 Å². The Bertz CT molecular complexity index is 916. The van der Waals surface area contributed by atoms with E-state index in [4.69, 9.17) is 0 Å². The van der Waals surface area contributed by atoms with Gasteiger partial charge in [-0.1, -0.05) is 13.3 Å². The molecule has 0 radical (unpaired) electrons. The van der Waals surface area contributed by atoms with E-state index in [-0.39, 0.29) is 17.3 Å². The van der Waals surface area contributed by atoms with Crippen molar-refractivity contribution in [1.82, 2.24) is 0 Å². The summed E-state index contributed by atoms with van der Waals surface area (Å²) in [5, 5.41) is 30.7. The molecule has 2 N–H and O–H groups in total. The van der Waals surface area contributed by atoms with Crippen molar-refractivity contribution in [3.05, 3.63) is 68.8 Å². The quantitative estimate of drug-likeness (QED) is 0.333. The molecule has 2 aromatic carbocycles. The van der Waals surface area contributed by atoms with E-state index in [1.54, 1.807) is 24.3 Å². The Morgan fingerprint density at radius 1 is 0.935 bits per heavy atom. The van der Waals surface area contributed by atoms with Crippen LogP contribution < -0.4 is 10.9 Å². The molecule has 0 aromatic heterocycles. The predicted molar refractivity (Wildman–Crippen MR) is 121 cm³/mol. The van der Waals surface area contributed by atoms with Crippen LogP contribution in [0.5, 0.6) is 0 Å². The maximum atomic E-state index is 10.8. The third kappa shape index (κ3) is 5.84. The SMILES string of the molecule is CC/C(=N\Nc1ccc([N+](=O)[O-])cc1)C1CCCC/C1=N\Nc1ccc([N+](=O)[O-])cc1. The van der Waals surface area contributed by atoms with Gasteiger partial charge in [-0.05, 0) is 49.9 Å². The first-order valence-corrected chi connectivity index (χ1v) is 10.1. The summed E-state index contributed by atoms with van der Waals surface area (Å²) >= 11 is 0. The number of non-ortho nitro benzene ring substituents is 2. The summed E-state index contributed by atoms with van der Waals surface area (Å²) in [6.45, 7) is 2.03. The van der Waals surface area contributed by atoms with Crippen LogP contribution in [0.15, 0.2) is 58.7 Å². The highest BCUT2D eigenvalue weighted by atomic mass is 16.6. The van der Waals surface area contributed by atoms with Crippen molar-refractivity contribution in [1.29, 1.82) is 0 Å². The molecule has 31 heavy (non-hydrogen) atoms. The monoisotopic (exact) mass is 424 g/mol. The number of rotatable bonds is 8. The van der Waals surface area contributed by atoms with Gasteiger partial charge in [-0.3, -0.25) is 31.1 Å². The highest BCUT2D eigenvalue weighted by molar-refractivity contribution is 6.08. The van der Waals surface area contributed by atoms with E-state index in [1.165, 1.54) is 24.3 Å². The number of hydrazone groups is 2. The van der Waals surface area contributed by atoms with Crippen molar-refractivity contribution in [3.8, 4) is 0 Å². The average molecular weight is 424 g/mol. The first-order valence-electron chi connectivity index (χ1n) is 10.1. The zero-order valence-corrected chi connectivity index (χ0v) is 17.2. The molecule has 3 rings (SSSR count). The molecule has 0 bridgehead atoms. The van der Waals surface area contributed by atoms with Gasteiger partial charge in [0.2, 0.25) is 0 Å². The van der Waals surface area contributed by atoms with E-state index < -0.39 is 9.85 Å². The smallest absolute Gasteiger partial charge is 0.269 e. The highest BCUT2D eigenvalue weighted by Gasteiger charge is 2.25. The van der Waals surface area contributed by atoms with E-state index in [0.29, 0.717) is 11.4 Å². The minimum atomic E-state index is -0.437. The molecule has 1 aliphatic rings. The van der Waals surface area contributed by atoms with Crippen molar-refractivity contribution in [2.45, 2.75) is 39.0 Å². The van der Waals surface area contributed by atoms with Gasteiger partial charge in [-0.15, -0.1) is 0 Å². The molecule has 0 saturated heterocycles. The fourth-order valence-corrected chi connectivity index (χ4v) is 3.48. The molecule has 10 heteroatoms. The van der Waals surface area contributed by atoms with Gasteiger partial charge in [0.25, 0.3) is 11.4 Å². The van der Waals surface area contributed by atoms with Crippen LogP contribution in [0.3, 0.4) is 0 Å². The normalized spacial score (nSPS) is 17.9. The number of nitrogens with zero attached hydrogens (tertiary/aromatic N) is 4. The van der Waals surface area contributed by atoms with Gasteiger partial charge in [-0.2, -0.15) is 10.2 Å². The van der Waals surface area contributed by atoms with Gasteiger partial charge in [0.05, 0.1) is 21.2 Å². The Labute approximate surface area is 179 Å². The molecule has 0 aliphatic heterocycles. The molecule has 1 aliphatic carbocycles. The van der Waals surface area contributed by atoms with Crippen LogP contribution in [-0.4, -0.2) is 21.3 Å². The van der Waals surface area contributed by atoms with Crippen LogP contribution in [-0.2, 0) is 0 Å². The maximum Gasteiger partial charge on any atom is 0.269 e. The lowest BCUT2D eigenvalue weighted by molar-refractivity contribution is -0.385.